The molecular formula is C23H23FN4O2. The predicted molar refractivity (Wildman–Crippen MR) is 113 cm³/mol. The molecule has 0 N–H and O–H groups in total. The van der Waals surface area contributed by atoms with Crippen LogP contribution in [-0.4, -0.2) is 54.3 Å². The highest BCUT2D eigenvalue weighted by Crippen LogP contribution is 2.21. The number of piperazine rings is 1. The van der Waals surface area contributed by atoms with Gasteiger partial charge in [0.2, 0.25) is 5.91 Å². The number of carbonyl (C=O) groups excluding carboxylic acids is 1. The Morgan fingerprint density at radius 1 is 0.967 bits per heavy atom. The van der Waals surface area contributed by atoms with E-state index in [1.807, 2.05) is 41.3 Å². The second kappa shape index (κ2) is 8.90. The molecule has 1 amide bonds. The third-order valence-corrected chi connectivity index (χ3v) is 5.28. The largest absolute Gasteiger partial charge is 0.496 e. The summed E-state index contributed by atoms with van der Waals surface area (Å²) >= 11 is 0. The second-order valence-corrected chi connectivity index (χ2v) is 7.14. The number of ether oxygens (including phenoxy) is 1. The molecule has 2 aromatic carbocycles. The number of hydrogen-bond acceptors (Lipinski definition) is 5. The van der Waals surface area contributed by atoms with Crippen LogP contribution in [0.5, 0.6) is 5.75 Å². The van der Waals surface area contributed by atoms with E-state index in [0.29, 0.717) is 38.3 Å². The van der Waals surface area contributed by atoms with Crippen molar-refractivity contribution in [3.05, 3.63) is 72.0 Å². The number of carbonyl (C=O) groups is 1. The van der Waals surface area contributed by atoms with Crippen LogP contribution in [0.4, 0.5) is 10.2 Å². The molecular weight excluding hydrogens is 383 g/mol. The minimum Gasteiger partial charge on any atom is -0.496 e. The fraction of sp³-hybridized carbons (Fsp3) is 0.261. The molecule has 1 fully saturated rings. The lowest BCUT2D eigenvalue weighted by atomic mass is 10.1. The third-order valence-electron chi connectivity index (χ3n) is 5.28. The Morgan fingerprint density at radius 2 is 1.70 bits per heavy atom. The molecule has 0 spiro atoms. The Balaban J connectivity index is 1.35. The van der Waals surface area contributed by atoms with E-state index in [1.54, 1.807) is 19.2 Å². The van der Waals surface area contributed by atoms with E-state index < -0.39 is 0 Å². The monoisotopic (exact) mass is 406 g/mol. The fourth-order valence-corrected chi connectivity index (χ4v) is 3.58. The number of benzene rings is 2. The number of amides is 1. The minimum absolute atomic E-state index is 0.0943. The van der Waals surface area contributed by atoms with Gasteiger partial charge in [-0.25, -0.2) is 4.39 Å². The molecule has 3 aromatic rings. The van der Waals surface area contributed by atoms with E-state index in [0.717, 1.165) is 22.7 Å². The van der Waals surface area contributed by atoms with Gasteiger partial charge in [0.1, 0.15) is 11.6 Å². The van der Waals surface area contributed by atoms with Crippen molar-refractivity contribution in [3.8, 4) is 17.0 Å². The number of methoxy groups -OCH3 is 1. The summed E-state index contributed by atoms with van der Waals surface area (Å²) in [5.41, 5.74) is 2.42. The van der Waals surface area contributed by atoms with Crippen LogP contribution in [0.2, 0.25) is 0 Å². The molecule has 0 aliphatic carbocycles. The summed E-state index contributed by atoms with van der Waals surface area (Å²) in [7, 11) is 1.62. The molecule has 154 valence electrons. The highest BCUT2D eigenvalue weighted by Gasteiger charge is 2.23. The normalized spacial score (nSPS) is 13.9. The molecule has 0 unspecified atom stereocenters. The van der Waals surface area contributed by atoms with Crippen LogP contribution in [0.1, 0.15) is 5.56 Å². The van der Waals surface area contributed by atoms with Crippen molar-refractivity contribution in [2.24, 2.45) is 0 Å². The molecule has 4 rings (SSSR count). The minimum atomic E-state index is -0.276. The molecule has 2 heterocycles. The van der Waals surface area contributed by atoms with Crippen molar-refractivity contribution < 1.29 is 13.9 Å². The highest BCUT2D eigenvalue weighted by molar-refractivity contribution is 5.79. The fourth-order valence-electron chi connectivity index (χ4n) is 3.58. The maximum atomic E-state index is 13.1. The summed E-state index contributed by atoms with van der Waals surface area (Å²) in [5.74, 6) is 1.33. The van der Waals surface area contributed by atoms with Crippen molar-refractivity contribution in [3.63, 3.8) is 0 Å². The molecule has 0 radical (unpaired) electrons. The zero-order valence-corrected chi connectivity index (χ0v) is 16.8. The van der Waals surface area contributed by atoms with Gasteiger partial charge >= 0.3 is 0 Å². The van der Waals surface area contributed by atoms with Gasteiger partial charge in [0.05, 0.1) is 19.2 Å². The molecule has 0 saturated carbocycles. The number of para-hydroxylation sites is 1. The lowest BCUT2D eigenvalue weighted by molar-refractivity contribution is -0.130. The molecule has 1 aliphatic heterocycles. The summed E-state index contributed by atoms with van der Waals surface area (Å²) in [6.07, 6.45) is 0.330. The van der Waals surface area contributed by atoms with Gasteiger partial charge in [-0.2, -0.15) is 0 Å². The summed E-state index contributed by atoms with van der Waals surface area (Å²) < 4.78 is 18.4. The molecule has 0 atom stereocenters. The molecule has 7 heteroatoms. The van der Waals surface area contributed by atoms with Gasteiger partial charge in [0, 0.05) is 37.3 Å². The van der Waals surface area contributed by atoms with Crippen LogP contribution in [0.3, 0.4) is 0 Å². The first-order valence-corrected chi connectivity index (χ1v) is 9.88. The maximum Gasteiger partial charge on any atom is 0.227 e. The smallest absolute Gasteiger partial charge is 0.227 e. The molecule has 30 heavy (non-hydrogen) atoms. The maximum absolute atomic E-state index is 13.1. The first-order valence-electron chi connectivity index (χ1n) is 9.88. The molecule has 1 aliphatic rings. The van der Waals surface area contributed by atoms with E-state index in [1.165, 1.54) is 12.1 Å². The van der Waals surface area contributed by atoms with E-state index in [9.17, 15) is 9.18 Å². The Hall–Kier alpha value is -3.48. The SMILES string of the molecule is COc1ccccc1CC(=O)N1CCN(c2ccc(-c3ccc(F)cc3)nn2)CC1. The van der Waals surface area contributed by atoms with Gasteiger partial charge in [-0.05, 0) is 42.5 Å². The van der Waals surface area contributed by atoms with Crippen molar-refractivity contribution >= 4 is 11.7 Å². The highest BCUT2D eigenvalue weighted by atomic mass is 19.1. The predicted octanol–water partition coefficient (Wildman–Crippen LogP) is 3.18. The second-order valence-electron chi connectivity index (χ2n) is 7.14. The lowest BCUT2D eigenvalue weighted by Gasteiger charge is -2.35. The third kappa shape index (κ3) is 4.40. The van der Waals surface area contributed by atoms with E-state index in [4.69, 9.17) is 4.74 Å². The van der Waals surface area contributed by atoms with Gasteiger partial charge < -0.3 is 14.5 Å². The number of anilines is 1. The van der Waals surface area contributed by atoms with E-state index in [2.05, 4.69) is 15.1 Å². The molecule has 1 saturated heterocycles. The van der Waals surface area contributed by atoms with Gasteiger partial charge in [-0.15, -0.1) is 10.2 Å². The Labute approximate surface area is 174 Å². The van der Waals surface area contributed by atoms with Crippen LogP contribution in [-0.2, 0) is 11.2 Å². The lowest BCUT2D eigenvalue weighted by Crippen LogP contribution is -2.49. The summed E-state index contributed by atoms with van der Waals surface area (Å²) in [4.78, 5) is 16.7. The van der Waals surface area contributed by atoms with Crippen molar-refractivity contribution in [2.75, 3.05) is 38.2 Å². The Bertz CT molecular complexity index is 1000. The van der Waals surface area contributed by atoms with Gasteiger partial charge in [0.15, 0.2) is 5.82 Å². The van der Waals surface area contributed by atoms with Crippen LogP contribution in [0.25, 0.3) is 11.3 Å². The van der Waals surface area contributed by atoms with Crippen molar-refractivity contribution in [1.82, 2.24) is 15.1 Å². The topological polar surface area (TPSA) is 58.6 Å². The van der Waals surface area contributed by atoms with Crippen LogP contribution in [0.15, 0.2) is 60.7 Å². The quantitative estimate of drug-likeness (QED) is 0.651. The molecule has 0 bridgehead atoms. The zero-order valence-electron chi connectivity index (χ0n) is 16.8. The van der Waals surface area contributed by atoms with Gasteiger partial charge in [-0.3, -0.25) is 4.79 Å². The van der Waals surface area contributed by atoms with Crippen molar-refractivity contribution in [2.45, 2.75) is 6.42 Å². The van der Waals surface area contributed by atoms with E-state index >= 15 is 0 Å². The number of rotatable bonds is 5. The van der Waals surface area contributed by atoms with E-state index in [-0.39, 0.29) is 11.7 Å². The average Bonchev–Trinajstić information content (AvgIpc) is 2.80. The standard InChI is InChI=1S/C23H23FN4O2/c1-30-21-5-3-2-4-18(21)16-23(29)28-14-12-27(13-15-28)22-11-10-20(25-26-22)17-6-8-19(24)9-7-17/h2-11H,12-16H2,1H3. The average molecular weight is 406 g/mol. The summed E-state index contributed by atoms with van der Waals surface area (Å²) in [6, 6.07) is 17.6. The summed E-state index contributed by atoms with van der Waals surface area (Å²) in [6.45, 7) is 2.66. The summed E-state index contributed by atoms with van der Waals surface area (Å²) in [5, 5.41) is 8.60. The first kappa shape index (κ1) is 19.8. The van der Waals surface area contributed by atoms with Crippen LogP contribution in [0, 0.1) is 5.82 Å². The molecule has 6 nitrogen and oxygen atoms in total. The number of hydrogen-bond donors (Lipinski definition) is 0. The zero-order chi connectivity index (χ0) is 20.9. The Kier molecular flexibility index (Phi) is 5.88. The first-order chi connectivity index (χ1) is 14.6. The Morgan fingerprint density at radius 3 is 2.37 bits per heavy atom. The number of aromatic nitrogens is 2. The molecule has 1 aromatic heterocycles. The van der Waals surface area contributed by atoms with Gasteiger partial charge in [0.25, 0.3) is 0 Å². The van der Waals surface area contributed by atoms with Gasteiger partial charge in [-0.1, -0.05) is 18.2 Å². The number of nitrogens with zero attached hydrogens (tertiary/aromatic N) is 4. The number of halogens is 1. The van der Waals surface area contributed by atoms with Crippen molar-refractivity contribution in [1.29, 1.82) is 0 Å². The van der Waals surface area contributed by atoms with Crippen LogP contribution < -0.4 is 9.64 Å². The van der Waals surface area contributed by atoms with Crippen LogP contribution >= 0.6 is 0 Å².